The number of nitrogens with zero attached hydrogens (tertiary/aromatic N) is 3. The van der Waals surface area contributed by atoms with Crippen molar-refractivity contribution in [3.05, 3.63) is 78.4 Å². The van der Waals surface area contributed by atoms with Crippen molar-refractivity contribution >= 4 is 17.4 Å². The second-order valence-electron chi connectivity index (χ2n) is 6.59. The van der Waals surface area contributed by atoms with Gasteiger partial charge in [-0.15, -0.1) is 0 Å². The summed E-state index contributed by atoms with van der Waals surface area (Å²) in [6.45, 7) is 2.59. The van der Waals surface area contributed by atoms with Gasteiger partial charge < -0.3 is 15.2 Å². The Morgan fingerprint density at radius 3 is 2.74 bits per heavy atom. The molecule has 2 heterocycles. The Morgan fingerprint density at radius 2 is 1.93 bits per heavy atom. The van der Waals surface area contributed by atoms with Crippen LogP contribution in [0.1, 0.15) is 11.3 Å². The number of carbonyl (C=O) groups excluding carboxylic acids is 1. The Labute approximate surface area is 158 Å². The first kappa shape index (κ1) is 17.1. The molecule has 6 nitrogen and oxygen atoms in total. The molecule has 0 saturated carbocycles. The van der Waals surface area contributed by atoms with Gasteiger partial charge in [0, 0.05) is 50.2 Å². The van der Waals surface area contributed by atoms with Crippen molar-refractivity contribution < 1.29 is 4.79 Å². The number of fused-ring (bicyclic) bond motifs is 1. The van der Waals surface area contributed by atoms with E-state index in [4.69, 9.17) is 0 Å². The maximum Gasteiger partial charge on any atom is 0.324 e. The van der Waals surface area contributed by atoms with Crippen LogP contribution in [0.5, 0.6) is 0 Å². The van der Waals surface area contributed by atoms with Gasteiger partial charge in [0.2, 0.25) is 0 Å². The van der Waals surface area contributed by atoms with Crippen molar-refractivity contribution in [3.8, 4) is 0 Å². The van der Waals surface area contributed by atoms with Crippen LogP contribution in [0.2, 0.25) is 0 Å². The molecular formula is C21H23N5O. The van der Waals surface area contributed by atoms with Gasteiger partial charge in [0.25, 0.3) is 0 Å². The molecule has 2 N–H and O–H groups in total. The van der Waals surface area contributed by atoms with E-state index in [0.717, 1.165) is 29.2 Å². The number of hydrogen-bond donors (Lipinski definition) is 2. The van der Waals surface area contributed by atoms with Crippen LogP contribution in [0, 0.1) is 0 Å². The van der Waals surface area contributed by atoms with Gasteiger partial charge in [-0.05, 0) is 23.8 Å². The first-order valence-corrected chi connectivity index (χ1v) is 9.22. The number of imidazole rings is 1. The largest absolute Gasteiger partial charge is 0.383 e. The van der Waals surface area contributed by atoms with Crippen molar-refractivity contribution in [3.63, 3.8) is 0 Å². The van der Waals surface area contributed by atoms with Crippen molar-refractivity contribution in [1.29, 1.82) is 0 Å². The molecule has 4 rings (SSSR count). The van der Waals surface area contributed by atoms with Gasteiger partial charge in [-0.3, -0.25) is 4.90 Å². The van der Waals surface area contributed by atoms with Crippen molar-refractivity contribution in [1.82, 2.24) is 14.9 Å². The Kier molecular flexibility index (Phi) is 5.05. The quantitative estimate of drug-likeness (QED) is 0.747. The number of nitrogens with one attached hydrogen (secondary N) is 2. The Morgan fingerprint density at radius 1 is 1.11 bits per heavy atom. The van der Waals surface area contributed by atoms with E-state index in [-0.39, 0.29) is 6.03 Å². The average Bonchev–Trinajstić information content (AvgIpc) is 3.13. The lowest BCUT2D eigenvalue weighted by atomic mass is 10.2. The Hall–Kier alpha value is -3.28. The SMILES string of the molecule is O=C(N1CCNc2ccccc2C1)N(CCc1c[nH]cn1)c1ccccc1. The van der Waals surface area contributed by atoms with Crippen molar-refractivity contribution in [2.24, 2.45) is 0 Å². The van der Waals surface area contributed by atoms with Gasteiger partial charge in [-0.2, -0.15) is 0 Å². The summed E-state index contributed by atoms with van der Waals surface area (Å²) in [6, 6.07) is 18.0. The molecule has 0 atom stereocenters. The molecule has 0 bridgehead atoms. The topological polar surface area (TPSA) is 64.3 Å². The third kappa shape index (κ3) is 3.95. The fourth-order valence-electron chi connectivity index (χ4n) is 3.37. The molecule has 2 aromatic carbocycles. The predicted molar refractivity (Wildman–Crippen MR) is 107 cm³/mol. The fourth-order valence-corrected chi connectivity index (χ4v) is 3.37. The molecule has 0 fully saturated rings. The summed E-state index contributed by atoms with van der Waals surface area (Å²) >= 11 is 0. The number of benzene rings is 2. The summed E-state index contributed by atoms with van der Waals surface area (Å²) in [5.41, 5.74) is 4.11. The zero-order chi connectivity index (χ0) is 18.5. The molecule has 0 radical (unpaired) electrons. The van der Waals surface area contributed by atoms with Crippen LogP contribution in [0.3, 0.4) is 0 Å². The van der Waals surface area contributed by atoms with E-state index in [1.807, 2.05) is 58.5 Å². The first-order chi connectivity index (χ1) is 13.3. The molecule has 0 spiro atoms. The fraction of sp³-hybridized carbons (Fsp3) is 0.238. The van der Waals surface area contributed by atoms with E-state index < -0.39 is 0 Å². The maximum absolute atomic E-state index is 13.4. The molecule has 6 heteroatoms. The number of amides is 2. The summed E-state index contributed by atoms with van der Waals surface area (Å²) in [5.74, 6) is 0. The lowest BCUT2D eigenvalue weighted by Crippen LogP contribution is -2.45. The van der Waals surface area contributed by atoms with Crippen LogP contribution in [0.4, 0.5) is 16.2 Å². The van der Waals surface area contributed by atoms with Crippen LogP contribution < -0.4 is 10.2 Å². The number of para-hydroxylation sites is 2. The molecule has 1 aliphatic heterocycles. The number of hydrogen-bond acceptors (Lipinski definition) is 3. The summed E-state index contributed by atoms with van der Waals surface area (Å²) < 4.78 is 0. The molecule has 3 aromatic rings. The second-order valence-corrected chi connectivity index (χ2v) is 6.59. The number of aromatic amines is 1. The van der Waals surface area contributed by atoms with Crippen LogP contribution in [-0.4, -0.2) is 40.5 Å². The normalized spacial score (nSPS) is 13.4. The minimum atomic E-state index is 0.0234. The molecule has 0 aliphatic carbocycles. The number of aromatic nitrogens is 2. The standard InChI is InChI=1S/C21H23N5O/c27-21(25-13-11-23-20-9-5-4-6-17(20)15-25)26(19-7-2-1-3-8-19)12-10-18-14-22-16-24-18/h1-9,14,16,23H,10-13,15H2,(H,22,24). The van der Waals surface area contributed by atoms with E-state index >= 15 is 0 Å². The number of anilines is 2. The van der Waals surface area contributed by atoms with Gasteiger partial charge >= 0.3 is 6.03 Å². The summed E-state index contributed by atoms with van der Waals surface area (Å²) in [5, 5.41) is 3.42. The zero-order valence-corrected chi connectivity index (χ0v) is 15.1. The zero-order valence-electron chi connectivity index (χ0n) is 15.1. The molecule has 2 amide bonds. The smallest absolute Gasteiger partial charge is 0.324 e. The highest BCUT2D eigenvalue weighted by molar-refractivity contribution is 5.92. The van der Waals surface area contributed by atoms with Crippen LogP contribution in [-0.2, 0) is 13.0 Å². The first-order valence-electron chi connectivity index (χ1n) is 9.22. The molecule has 0 unspecified atom stereocenters. The minimum absolute atomic E-state index is 0.0234. The number of carbonyl (C=O) groups is 1. The lowest BCUT2D eigenvalue weighted by Gasteiger charge is -2.30. The highest BCUT2D eigenvalue weighted by Gasteiger charge is 2.24. The molecule has 0 saturated heterocycles. The predicted octanol–water partition coefficient (Wildman–Crippen LogP) is 3.51. The van der Waals surface area contributed by atoms with Crippen LogP contribution >= 0.6 is 0 Å². The molecular weight excluding hydrogens is 338 g/mol. The lowest BCUT2D eigenvalue weighted by molar-refractivity contribution is 0.205. The average molecular weight is 361 g/mol. The monoisotopic (exact) mass is 361 g/mol. The third-order valence-electron chi connectivity index (χ3n) is 4.79. The van der Waals surface area contributed by atoms with Crippen LogP contribution in [0.25, 0.3) is 0 Å². The number of rotatable bonds is 4. The Balaban J connectivity index is 1.56. The number of urea groups is 1. The van der Waals surface area contributed by atoms with E-state index in [1.54, 1.807) is 6.33 Å². The third-order valence-corrected chi connectivity index (χ3v) is 4.79. The Bertz CT molecular complexity index is 879. The van der Waals surface area contributed by atoms with Crippen molar-refractivity contribution in [2.45, 2.75) is 13.0 Å². The van der Waals surface area contributed by atoms with Gasteiger partial charge in [-0.1, -0.05) is 36.4 Å². The van der Waals surface area contributed by atoms with Crippen LogP contribution in [0.15, 0.2) is 67.1 Å². The molecule has 1 aromatic heterocycles. The summed E-state index contributed by atoms with van der Waals surface area (Å²) in [4.78, 5) is 24.4. The summed E-state index contributed by atoms with van der Waals surface area (Å²) in [7, 11) is 0. The van der Waals surface area contributed by atoms with E-state index in [1.165, 1.54) is 0 Å². The van der Waals surface area contributed by atoms with Crippen molar-refractivity contribution in [2.75, 3.05) is 29.9 Å². The summed E-state index contributed by atoms with van der Waals surface area (Å²) in [6.07, 6.45) is 4.24. The van der Waals surface area contributed by atoms with Gasteiger partial charge in [0.05, 0.1) is 12.0 Å². The maximum atomic E-state index is 13.4. The minimum Gasteiger partial charge on any atom is -0.383 e. The highest BCUT2D eigenvalue weighted by Crippen LogP contribution is 2.22. The second kappa shape index (κ2) is 7.95. The van der Waals surface area contributed by atoms with E-state index in [9.17, 15) is 4.79 Å². The molecule has 1 aliphatic rings. The molecule has 27 heavy (non-hydrogen) atoms. The van der Waals surface area contributed by atoms with Gasteiger partial charge in [0.15, 0.2) is 0 Å². The van der Waals surface area contributed by atoms with Gasteiger partial charge in [0.1, 0.15) is 0 Å². The number of H-pyrrole nitrogens is 1. The highest BCUT2D eigenvalue weighted by atomic mass is 16.2. The van der Waals surface area contributed by atoms with E-state index in [2.05, 4.69) is 27.4 Å². The van der Waals surface area contributed by atoms with E-state index in [0.29, 0.717) is 26.1 Å². The molecule has 138 valence electrons. The van der Waals surface area contributed by atoms with Gasteiger partial charge in [-0.25, -0.2) is 9.78 Å².